The molecule has 0 aliphatic carbocycles. The van der Waals surface area contributed by atoms with Crippen LogP contribution in [0.1, 0.15) is 0 Å². The summed E-state index contributed by atoms with van der Waals surface area (Å²) in [4.78, 5) is 48.3. The van der Waals surface area contributed by atoms with Crippen LogP contribution in [0.3, 0.4) is 0 Å². The summed E-state index contributed by atoms with van der Waals surface area (Å²) in [5, 5.41) is 0. The minimum absolute atomic E-state index is 1.96. The van der Waals surface area contributed by atoms with E-state index in [1.165, 1.54) is 0 Å². The molecule has 6 nitrogen and oxygen atoms in total. The topological polar surface area (TPSA) is 86.7 Å². The Balaban J connectivity index is 6.79. The van der Waals surface area contributed by atoms with E-state index in [0.29, 0.717) is 0 Å². The summed E-state index contributed by atoms with van der Waals surface area (Å²) >= 11 is 0. The van der Waals surface area contributed by atoms with Crippen molar-refractivity contribution in [1.82, 2.24) is 0 Å². The highest BCUT2D eigenvalue weighted by Gasteiger charge is 2.86. The largest absolute Gasteiger partial charge is 0.460 e. The van der Waals surface area contributed by atoms with E-state index in [1.54, 1.807) is 0 Å². The molecule has 0 aromatic heterocycles. The summed E-state index contributed by atoms with van der Waals surface area (Å²) in [5.74, 6) is -53.2. The Labute approximate surface area is 210 Å². The number of carbonyl (C=O) groups is 4. The lowest BCUT2D eigenvalue weighted by molar-refractivity contribution is -0.351. The molecule has 0 saturated carbocycles. The van der Waals surface area contributed by atoms with Gasteiger partial charge in [-0.25, -0.2) is 28.1 Å². The molecular weight excluding hydrogens is 682 g/mol. The van der Waals surface area contributed by atoms with Crippen LogP contribution in [0.4, 0.5) is 96.6 Å². The van der Waals surface area contributed by atoms with Crippen molar-refractivity contribution < 1.29 is 126 Å². The highest BCUT2D eigenvalue weighted by molar-refractivity contribution is 6.13. The third-order valence-electron chi connectivity index (χ3n) is 4.23. The summed E-state index contributed by atoms with van der Waals surface area (Å²) in [6.45, 7) is 0. The van der Waals surface area contributed by atoms with Crippen molar-refractivity contribution in [3.05, 3.63) is 0 Å². The molecule has 2 unspecified atom stereocenters. The molecule has 0 fully saturated rings. The number of alkyl halides is 22. The van der Waals surface area contributed by atoms with Crippen molar-refractivity contribution in [2.45, 2.75) is 59.7 Å². The van der Waals surface area contributed by atoms with Gasteiger partial charge in [0.1, 0.15) is 0 Å². The fourth-order valence-electron chi connectivity index (χ4n) is 1.94. The first-order valence-corrected chi connectivity index (χ1v) is 8.55. The monoisotopic (exact) mass is 682 g/mol. The molecule has 0 aliphatic heterocycles. The average molecular weight is 682 g/mol. The molecule has 0 bridgehead atoms. The fraction of sp³-hybridized carbons (Fsp3) is 0.714. The predicted molar refractivity (Wildman–Crippen MR) is 73.9 cm³/mol. The summed E-state index contributed by atoms with van der Waals surface area (Å²) in [7, 11) is 0. The molecule has 0 spiro atoms. The van der Waals surface area contributed by atoms with Crippen LogP contribution >= 0.6 is 0 Å². The Morgan fingerprint density at radius 3 is 0.667 bits per heavy atom. The highest BCUT2D eigenvalue weighted by Crippen LogP contribution is 2.53. The van der Waals surface area contributed by atoms with Gasteiger partial charge in [0.05, 0.1) is 0 Å². The normalized spacial score (nSPS) is 17.6. The Kier molecular flexibility index (Phi) is 9.39. The van der Waals surface area contributed by atoms with Crippen LogP contribution in [-0.2, 0) is 29.0 Å². The van der Waals surface area contributed by atoms with Gasteiger partial charge in [0.15, 0.2) is 0 Å². The summed E-state index contributed by atoms with van der Waals surface area (Å²) in [6, 6.07) is 0. The third kappa shape index (κ3) is 5.58. The smallest absolute Gasteiger partial charge is 0.288 e. The van der Waals surface area contributed by atoms with Crippen LogP contribution in [0.2, 0.25) is 0 Å². The van der Waals surface area contributed by atoms with Gasteiger partial charge in [-0.05, 0) is 0 Å². The zero-order valence-corrected chi connectivity index (χ0v) is 17.8. The number of Topliss-reactive ketones (excluding diaryl/α,β-unsaturated/α-hetero) is 2. The van der Waals surface area contributed by atoms with Gasteiger partial charge < -0.3 is 0 Å². The standard InChI is InChI=1S/C14F22O6/c15-5(11(25,26)27,1(37)7(17,18)9(21,22)13(31,32)33)3(39)41-42-4(40)6(16,12(28,29)30)2(38)8(19,20)10(23,24)14(34,35)36. The van der Waals surface area contributed by atoms with Crippen molar-refractivity contribution in [3.63, 3.8) is 0 Å². The number of halogens is 22. The van der Waals surface area contributed by atoms with E-state index in [9.17, 15) is 116 Å². The Hall–Kier alpha value is -3.26. The second kappa shape index (κ2) is 10.2. The molecule has 2 atom stereocenters. The van der Waals surface area contributed by atoms with Crippen LogP contribution in [0.15, 0.2) is 0 Å². The first kappa shape index (κ1) is 38.7. The molecule has 28 heteroatoms. The van der Waals surface area contributed by atoms with Crippen molar-refractivity contribution in [3.8, 4) is 0 Å². The molecule has 0 rings (SSSR count). The first-order valence-electron chi connectivity index (χ1n) is 8.55. The first-order chi connectivity index (χ1) is 17.9. The van der Waals surface area contributed by atoms with Crippen molar-refractivity contribution in [2.24, 2.45) is 0 Å². The van der Waals surface area contributed by atoms with Crippen molar-refractivity contribution >= 4 is 23.5 Å². The minimum atomic E-state index is -8.05. The van der Waals surface area contributed by atoms with Gasteiger partial charge in [0.25, 0.3) is 11.6 Å². The molecular formula is C14F22O6. The fourth-order valence-corrected chi connectivity index (χ4v) is 1.94. The zero-order chi connectivity index (χ0) is 34.7. The van der Waals surface area contributed by atoms with Crippen LogP contribution in [0.5, 0.6) is 0 Å². The molecule has 42 heavy (non-hydrogen) atoms. The van der Waals surface area contributed by atoms with E-state index in [-0.39, 0.29) is 0 Å². The van der Waals surface area contributed by atoms with E-state index >= 15 is 0 Å². The highest BCUT2D eigenvalue weighted by atomic mass is 19.4. The lowest BCUT2D eigenvalue weighted by Gasteiger charge is -2.32. The Morgan fingerprint density at radius 2 is 0.524 bits per heavy atom. The van der Waals surface area contributed by atoms with Crippen LogP contribution in [0, 0.1) is 0 Å². The Bertz CT molecular complexity index is 1010. The Morgan fingerprint density at radius 1 is 0.333 bits per heavy atom. The van der Waals surface area contributed by atoms with E-state index < -0.39 is 83.2 Å². The molecule has 0 amide bonds. The van der Waals surface area contributed by atoms with Crippen LogP contribution in [0.25, 0.3) is 0 Å². The second-order valence-electron chi connectivity index (χ2n) is 7.01. The average Bonchev–Trinajstić information content (AvgIpc) is 2.76. The van der Waals surface area contributed by atoms with Crippen molar-refractivity contribution in [1.29, 1.82) is 0 Å². The molecule has 0 aliphatic rings. The van der Waals surface area contributed by atoms with E-state index in [2.05, 4.69) is 0 Å². The van der Waals surface area contributed by atoms with Gasteiger partial charge >= 0.3 is 71.7 Å². The number of ketones is 2. The van der Waals surface area contributed by atoms with Gasteiger partial charge in [-0.3, -0.25) is 9.59 Å². The molecule has 0 saturated heterocycles. The third-order valence-corrected chi connectivity index (χ3v) is 4.23. The summed E-state index contributed by atoms with van der Waals surface area (Å²) in [6.07, 6.45) is -31.3. The zero-order valence-electron chi connectivity index (χ0n) is 17.8. The van der Waals surface area contributed by atoms with Gasteiger partial charge in [-0.1, -0.05) is 0 Å². The number of hydrogen-bond donors (Lipinski definition) is 0. The summed E-state index contributed by atoms with van der Waals surface area (Å²) < 4.78 is 282. The van der Waals surface area contributed by atoms with E-state index in [4.69, 9.17) is 0 Å². The van der Waals surface area contributed by atoms with Crippen LogP contribution < -0.4 is 0 Å². The maximum absolute atomic E-state index is 14.1. The van der Waals surface area contributed by atoms with Gasteiger partial charge in [-0.2, -0.15) is 87.8 Å². The maximum atomic E-state index is 14.1. The van der Waals surface area contributed by atoms with Gasteiger partial charge in [-0.15, -0.1) is 0 Å². The van der Waals surface area contributed by atoms with E-state index in [0.717, 1.165) is 0 Å². The molecule has 0 radical (unpaired) electrons. The van der Waals surface area contributed by atoms with E-state index in [1.807, 2.05) is 9.78 Å². The summed E-state index contributed by atoms with van der Waals surface area (Å²) in [5.41, 5.74) is -15.4. The lowest BCUT2D eigenvalue weighted by Crippen LogP contribution is -2.68. The maximum Gasteiger partial charge on any atom is 0.460 e. The lowest BCUT2D eigenvalue weighted by atomic mass is 9.91. The van der Waals surface area contributed by atoms with Crippen molar-refractivity contribution in [2.75, 3.05) is 0 Å². The number of rotatable bonds is 8. The SMILES string of the molecule is O=C(OOC(=O)C(F)(C(=O)C(F)(F)C(F)(F)C(F)(F)F)C(F)(F)F)C(F)(C(=O)C(F)(F)C(F)(F)C(F)(F)F)C(F)(F)F. The predicted octanol–water partition coefficient (Wildman–Crippen LogP) is 5.33. The van der Waals surface area contributed by atoms with Crippen LogP contribution in [-0.4, -0.2) is 83.2 Å². The number of carbonyl (C=O) groups excluding carboxylic acids is 4. The molecule has 0 N–H and O–H groups in total. The molecule has 0 aromatic rings. The molecule has 0 heterocycles. The molecule has 0 aromatic carbocycles. The molecule has 246 valence electrons. The quantitative estimate of drug-likeness (QED) is 0.149. The number of hydrogen-bond acceptors (Lipinski definition) is 6. The second-order valence-corrected chi connectivity index (χ2v) is 7.01. The van der Waals surface area contributed by atoms with Gasteiger partial charge in [0, 0.05) is 0 Å². The van der Waals surface area contributed by atoms with Gasteiger partial charge in [0.2, 0.25) is 0 Å². The minimum Gasteiger partial charge on any atom is -0.288 e.